The zero-order valence-corrected chi connectivity index (χ0v) is 14.6. The monoisotopic (exact) mass is 335 g/mol. The maximum Gasteiger partial charge on any atom is 0.228 e. The molecule has 2 aliphatic rings. The fraction of sp³-hybridized carbons (Fsp3) is 0.706. The third-order valence-electron chi connectivity index (χ3n) is 4.85. The molecular formula is C17H25N3O2S. The van der Waals surface area contributed by atoms with Crippen molar-refractivity contribution in [1.29, 1.82) is 0 Å². The lowest BCUT2D eigenvalue weighted by Crippen LogP contribution is -2.42. The van der Waals surface area contributed by atoms with Crippen molar-refractivity contribution in [2.24, 2.45) is 0 Å². The van der Waals surface area contributed by atoms with E-state index < -0.39 is 0 Å². The quantitative estimate of drug-likeness (QED) is 0.831. The minimum atomic E-state index is 0.148. The second-order valence-electron chi connectivity index (χ2n) is 6.42. The zero-order valence-electron chi connectivity index (χ0n) is 13.8. The summed E-state index contributed by atoms with van der Waals surface area (Å²) in [6.07, 6.45) is 7.87. The first kappa shape index (κ1) is 16.4. The normalized spacial score (nSPS) is 19.3. The van der Waals surface area contributed by atoms with Gasteiger partial charge in [-0.3, -0.25) is 14.5 Å². The topological polar surface area (TPSA) is 53.5 Å². The average molecular weight is 335 g/mol. The Morgan fingerprint density at radius 1 is 1.35 bits per heavy atom. The van der Waals surface area contributed by atoms with Gasteiger partial charge in [0.1, 0.15) is 0 Å². The molecule has 6 heteroatoms. The van der Waals surface area contributed by atoms with Crippen molar-refractivity contribution < 1.29 is 9.59 Å². The summed E-state index contributed by atoms with van der Waals surface area (Å²) in [7, 11) is 0. The molecule has 0 atom stereocenters. The number of aromatic nitrogens is 1. The molecule has 5 nitrogen and oxygen atoms in total. The molecule has 2 fully saturated rings. The van der Waals surface area contributed by atoms with Crippen molar-refractivity contribution in [3.05, 3.63) is 11.1 Å². The van der Waals surface area contributed by atoms with Gasteiger partial charge in [-0.2, -0.15) is 0 Å². The Hall–Kier alpha value is -1.43. The van der Waals surface area contributed by atoms with Crippen LogP contribution in [0.4, 0.5) is 5.13 Å². The fourth-order valence-corrected chi connectivity index (χ4v) is 4.51. The third-order valence-corrected chi connectivity index (χ3v) is 5.77. The summed E-state index contributed by atoms with van der Waals surface area (Å²) in [4.78, 5) is 32.7. The van der Waals surface area contributed by atoms with Gasteiger partial charge in [0.05, 0.1) is 12.1 Å². The van der Waals surface area contributed by atoms with Crippen molar-refractivity contribution >= 4 is 28.3 Å². The Balaban J connectivity index is 1.62. The molecule has 1 saturated heterocycles. The number of thiazole rings is 1. The van der Waals surface area contributed by atoms with Crippen LogP contribution in [-0.2, 0) is 16.0 Å². The number of anilines is 1. The lowest BCUT2D eigenvalue weighted by atomic mass is 9.94. The molecule has 126 valence electrons. The zero-order chi connectivity index (χ0) is 16.2. The summed E-state index contributed by atoms with van der Waals surface area (Å²) in [6.45, 7) is 3.58. The van der Waals surface area contributed by atoms with E-state index >= 15 is 0 Å². The molecule has 1 saturated carbocycles. The van der Waals surface area contributed by atoms with E-state index in [1.165, 1.54) is 30.6 Å². The van der Waals surface area contributed by atoms with Crippen LogP contribution in [0.3, 0.4) is 0 Å². The van der Waals surface area contributed by atoms with Gasteiger partial charge in [0.15, 0.2) is 5.13 Å². The van der Waals surface area contributed by atoms with Crippen molar-refractivity contribution in [3.8, 4) is 0 Å². The Morgan fingerprint density at radius 3 is 2.78 bits per heavy atom. The van der Waals surface area contributed by atoms with E-state index in [9.17, 15) is 9.59 Å². The SMILES string of the molecule is CCN(C(=O)Cc1csc(N2CCCC2=O)n1)C1CCCCC1. The number of rotatable bonds is 5. The van der Waals surface area contributed by atoms with Gasteiger partial charge in [-0.15, -0.1) is 11.3 Å². The van der Waals surface area contributed by atoms with Gasteiger partial charge in [0.25, 0.3) is 0 Å². The first-order valence-corrected chi connectivity index (χ1v) is 9.61. The number of likely N-dealkylation sites (N-methyl/N-ethyl adjacent to an activating group) is 1. The molecule has 0 bridgehead atoms. The molecule has 2 heterocycles. The van der Waals surface area contributed by atoms with Crippen molar-refractivity contribution in [1.82, 2.24) is 9.88 Å². The lowest BCUT2D eigenvalue weighted by molar-refractivity contribution is -0.133. The summed E-state index contributed by atoms with van der Waals surface area (Å²) in [5.41, 5.74) is 0.795. The molecule has 0 spiro atoms. The highest BCUT2D eigenvalue weighted by Gasteiger charge is 2.27. The van der Waals surface area contributed by atoms with Crippen molar-refractivity contribution in [2.45, 2.75) is 64.3 Å². The van der Waals surface area contributed by atoms with Gasteiger partial charge in [0.2, 0.25) is 11.8 Å². The summed E-state index contributed by atoms with van der Waals surface area (Å²) < 4.78 is 0. The lowest BCUT2D eigenvalue weighted by Gasteiger charge is -2.33. The van der Waals surface area contributed by atoms with Crippen LogP contribution < -0.4 is 4.90 Å². The molecule has 0 N–H and O–H groups in total. The Morgan fingerprint density at radius 2 is 2.13 bits per heavy atom. The predicted octanol–water partition coefficient (Wildman–Crippen LogP) is 2.99. The van der Waals surface area contributed by atoms with E-state index in [-0.39, 0.29) is 11.8 Å². The number of hydrogen-bond donors (Lipinski definition) is 0. The number of nitrogens with zero attached hydrogens (tertiary/aromatic N) is 3. The van der Waals surface area contributed by atoms with Gasteiger partial charge in [-0.1, -0.05) is 19.3 Å². The Bertz CT molecular complexity index is 566. The molecule has 0 radical (unpaired) electrons. The minimum absolute atomic E-state index is 0.148. The van der Waals surface area contributed by atoms with Gasteiger partial charge < -0.3 is 4.90 Å². The van der Waals surface area contributed by atoms with Gasteiger partial charge in [0, 0.05) is 30.9 Å². The van der Waals surface area contributed by atoms with Gasteiger partial charge in [-0.05, 0) is 26.2 Å². The molecule has 1 aromatic heterocycles. The maximum absolute atomic E-state index is 12.6. The van der Waals surface area contributed by atoms with Crippen LogP contribution in [-0.4, -0.2) is 40.8 Å². The number of carbonyl (C=O) groups is 2. The van der Waals surface area contributed by atoms with E-state index in [2.05, 4.69) is 11.9 Å². The Labute approximate surface area is 141 Å². The predicted molar refractivity (Wildman–Crippen MR) is 91.7 cm³/mol. The minimum Gasteiger partial charge on any atom is -0.340 e. The molecule has 0 aromatic carbocycles. The molecule has 3 rings (SSSR count). The van der Waals surface area contributed by atoms with Crippen LogP contribution in [0.15, 0.2) is 5.38 Å². The summed E-state index contributed by atoms with van der Waals surface area (Å²) in [5, 5.41) is 2.67. The Kier molecular flexibility index (Phi) is 5.30. The number of hydrogen-bond acceptors (Lipinski definition) is 4. The summed E-state index contributed by atoms with van der Waals surface area (Å²) in [5.74, 6) is 0.318. The molecule has 1 aliphatic carbocycles. The fourth-order valence-electron chi connectivity index (χ4n) is 3.64. The van der Waals surface area contributed by atoms with Gasteiger partial charge >= 0.3 is 0 Å². The van der Waals surface area contributed by atoms with Crippen LogP contribution in [0.25, 0.3) is 0 Å². The molecule has 1 aliphatic heterocycles. The van der Waals surface area contributed by atoms with E-state index in [0.29, 0.717) is 18.9 Å². The molecule has 2 amide bonds. The van der Waals surface area contributed by atoms with Crippen LogP contribution in [0.1, 0.15) is 57.6 Å². The average Bonchev–Trinajstić information content (AvgIpc) is 3.18. The molecular weight excluding hydrogens is 310 g/mol. The molecule has 0 unspecified atom stereocenters. The standard InChI is InChI=1S/C17H25N3O2S/c1-2-19(14-7-4-3-5-8-14)16(22)11-13-12-23-17(18-13)20-10-6-9-15(20)21/h12,14H,2-11H2,1H3. The third kappa shape index (κ3) is 3.74. The highest BCUT2D eigenvalue weighted by atomic mass is 32.1. The second kappa shape index (κ2) is 7.43. The van der Waals surface area contributed by atoms with E-state index in [0.717, 1.165) is 43.2 Å². The van der Waals surface area contributed by atoms with Crippen LogP contribution in [0.2, 0.25) is 0 Å². The smallest absolute Gasteiger partial charge is 0.228 e. The van der Waals surface area contributed by atoms with Crippen LogP contribution >= 0.6 is 11.3 Å². The van der Waals surface area contributed by atoms with Crippen molar-refractivity contribution in [2.75, 3.05) is 18.0 Å². The molecule has 1 aromatic rings. The number of carbonyl (C=O) groups excluding carboxylic acids is 2. The second-order valence-corrected chi connectivity index (χ2v) is 7.26. The highest BCUT2D eigenvalue weighted by molar-refractivity contribution is 7.14. The van der Waals surface area contributed by atoms with E-state index in [4.69, 9.17) is 0 Å². The van der Waals surface area contributed by atoms with E-state index in [1.807, 2.05) is 10.3 Å². The molecule has 23 heavy (non-hydrogen) atoms. The summed E-state index contributed by atoms with van der Waals surface area (Å²) in [6, 6.07) is 0.402. The summed E-state index contributed by atoms with van der Waals surface area (Å²) >= 11 is 1.47. The largest absolute Gasteiger partial charge is 0.340 e. The van der Waals surface area contributed by atoms with Crippen molar-refractivity contribution in [3.63, 3.8) is 0 Å². The first-order chi connectivity index (χ1) is 11.2. The van der Waals surface area contributed by atoms with E-state index in [1.54, 1.807) is 4.90 Å². The van der Waals surface area contributed by atoms with Crippen LogP contribution in [0.5, 0.6) is 0 Å². The highest BCUT2D eigenvalue weighted by Crippen LogP contribution is 2.27. The van der Waals surface area contributed by atoms with Crippen LogP contribution in [0, 0.1) is 0 Å². The van der Waals surface area contributed by atoms with Gasteiger partial charge in [-0.25, -0.2) is 4.98 Å². The number of amides is 2. The maximum atomic E-state index is 12.6. The first-order valence-electron chi connectivity index (χ1n) is 8.73.